The summed E-state index contributed by atoms with van der Waals surface area (Å²) in [5, 5.41) is 11.7. The van der Waals surface area contributed by atoms with Crippen molar-refractivity contribution in [2.45, 2.75) is 31.7 Å². The number of aromatic nitrogens is 4. The first-order chi connectivity index (χ1) is 11.9. The Morgan fingerprint density at radius 2 is 1.71 bits per heavy atom. The minimum absolute atomic E-state index is 0.503. The Hall–Kier alpha value is -2.44. The maximum absolute atomic E-state index is 4.66. The molecule has 1 saturated carbocycles. The number of nitrogens with one attached hydrogen (secondary N) is 1. The van der Waals surface area contributed by atoms with Crippen LogP contribution < -0.4 is 15.1 Å². The van der Waals surface area contributed by atoms with Crippen LogP contribution in [0.5, 0.6) is 0 Å². The van der Waals surface area contributed by atoms with Gasteiger partial charge in [-0.05, 0) is 25.0 Å². The van der Waals surface area contributed by atoms with Crippen molar-refractivity contribution in [3.63, 3.8) is 0 Å². The zero-order chi connectivity index (χ0) is 16.2. The van der Waals surface area contributed by atoms with Crippen LogP contribution in [0.4, 0.5) is 17.6 Å². The molecule has 0 aromatic carbocycles. The number of hydrogen-bond acceptors (Lipinski definition) is 7. The molecule has 0 amide bonds. The fourth-order valence-corrected chi connectivity index (χ4v) is 3.47. The second kappa shape index (κ2) is 6.98. The molecule has 2 fully saturated rings. The topological polar surface area (TPSA) is 70.1 Å². The SMILES string of the molecule is c1ccc(N2CCN(c3cnnc(NC4CCCC4)n3)CC2)nc1. The maximum atomic E-state index is 4.66. The van der Waals surface area contributed by atoms with Crippen molar-refractivity contribution in [1.82, 2.24) is 20.2 Å². The molecule has 1 N–H and O–H groups in total. The van der Waals surface area contributed by atoms with E-state index in [2.05, 4.69) is 41.3 Å². The van der Waals surface area contributed by atoms with Gasteiger partial charge in [0.15, 0.2) is 5.82 Å². The van der Waals surface area contributed by atoms with Gasteiger partial charge in [-0.3, -0.25) is 0 Å². The van der Waals surface area contributed by atoms with Gasteiger partial charge >= 0.3 is 0 Å². The van der Waals surface area contributed by atoms with Crippen LogP contribution in [-0.4, -0.2) is 52.4 Å². The van der Waals surface area contributed by atoms with E-state index in [0.29, 0.717) is 12.0 Å². The third-order valence-corrected chi connectivity index (χ3v) is 4.81. The van der Waals surface area contributed by atoms with Gasteiger partial charge in [0.2, 0.25) is 5.95 Å². The summed E-state index contributed by atoms with van der Waals surface area (Å²) < 4.78 is 0. The first-order valence-electron chi connectivity index (χ1n) is 8.76. The second-order valence-corrected chi connectivity index (χ2v) is 6.43. The molecule has 7 heteroatoms. The molecule has 4 rings (SSSR count). The Bertz CT molecular complexity index is 649. The quantitative estimate of drug-likeness (QED) is 0.921. The highest BCUT2D eigenvalue weighted by atomic mass is 15.3. The van der Waals surface area contributed by atoms with Gasteiger partial charge in [0.25, 0.3) is 0 Å². The zero-order valence-electron chi connectivity index (χ0n) is 13.8. The summed E-state index contributed by atoms with van der Waals surface area (Å²) in [6, 6.07) is 6.55. The highest BCUT2D eigenvalue weighted by Gasteiger charge is 2.21. The smallest absolute Gasteiger partial charge is 0.244 e. The molecule has 126 valence electrons. The molecular weight excluding hydrogens is 302 g/mol. The summed E-state index contributed by atoms with van der Waals surface area (Å²) in [6.45, 7) is 3.70. The highest BCUT2D eigenvalue weighted by molar-refractivity contribution is 5.45. The van der Waals surface area contributed by atoms with Crippen LogP contribution in [0.15, 0.2) is 30.6 Å². The zero-order valence-corrected chi connectivity index (χ0v) is 13.8. The number of hydrogen-bond donors (Lipinski definition) is 1. The van der Waals surface area contributed by atoms with E-state index in [-0.39, 0.29) is 0 Å². The lowest BCUT2D eigenvalue weighted by molar-refractivity contribution is 0.638. The lowest BCUT2D eigenvalue weighted by Gasteiger charge is -2.35. The molecule has 0 bridgehead atoms. The van der Waals surface area contributed by atoms with Gasteiger partial charge < -0.3 is 15.1 Å². The van der Waals surface area contributed by atoms with Crippen molar-refractivity contribution in [2.24, 2.45) is 0 Å². The summed E-state index contributed by atoms with van der Waals surface area (Å²) in [6.07, 6.45) is 8.60. The lowest BCUT2D eigenvalue weighted by Crippen LogP contribution is -2.47. The maximum Gasteiger partial charge on any atom is 0.244 e. The predicted molar refractivity (Wildman–Crippen MR) is 94.4 cm³/mol. The van der Waals surface area contributed by atoms with E-state index in [1.54, 1.807) is 6.20 Å². The number of piperazine rings is 1. The van der Waals surface area contributed by atoms with E-state index >= 15 is 0 Å². The molecule has 1 saturated heterocycles. The number of pyridine rings is 1. The molecule has 0 unspecified atom stereocenters. The fourth-order valence-electron chi connectivity index (χ4n) is 3.47. The van der Waals surface area contributed by atoms with Crippen molar-refractivity contribution in [2.75, 3.05) is 41.3 Å². The van der Waals surface area contributed by atoms with E-state index in [9.17, 15) is 0 Å². The normalized spacial score (nSPS) is 18.8. The largest absolute Gasteiger partial charge is 0.353 e. The van der Waals surface area contributed by atoms with Gasteiger partial charge in [-0.2, -0.15) is 10.1 Å². The number of nitrogens with zero attached hydrogens (tertiary/aromatic N) is 6. The van der Waals surface area contributed by atoms with Crippen LogP contribution in [0.2, 0.25) is 0 Å². The van der Waals surface area contributed by atoms with Crippen LogP contribution in [0, 0.1) is 0 Å². The average Bonchev–Trinajstić information content (AvgIpc) is 3.16. The predicted octanol–water partition coefficient (Wildman–Crippen LogP) is 1.95. The van der Waals surface area contributed by atoms with E-state index in [0.717, 1.165) is 37.8 Å². The summed E-state index contributed by atoms with van der Waals surface area (Å²) in [7, 11) is 0. The van der Waals surface area contributed by atoms with Gasteiger partial charge in [0.05, 0.1) is 6.20 Å². The average molecular weight is 325 g/mol. The van der Waals surface area contributed by atoms with Crippen LogP contribution >= 0.6 is 0 Å². The molecule has 3 heterocycles. The summed E-state index contributed by atoms with van der Waals surface area (Å²) >= 11 is 0. The van der Waals surface area contributed by atoms with Gasteiger partial charge in [-0.1, -0.05) is 18.9 Å². The van der Waals surface area contributed by atoms with Crippen LogP contribution in [0.25, 0.3) is 0 Å². The van der Waals surface area contributed by atoms with E-state index in [1.165, 1.54) is 25.7 Å². The molecule has 1 aliphatic heterocycles. The highest BCUT2D eigenvalue weighted by Crippen LogP contribution is 2.22. The molecular formula is C17H23N7. The monoisotopic (exact) mass is 325 g/mol. The Morgan fingerprint density at radius 3 is 2.42 bits per heavy atom. The number of rotatable bonds is 4. The van der Waals surface area contributed by atoms with Crippen molar-refractivity contribution < 1.29 is 0 Å². The molecule has 1 aliphatic carbocycles. The van der Waals surface area contributed by atoms with Crippen LogP contribution in [0.3, 0.4) is 0 Å². The number of anilines is 3. The third kappa shape index (κ3) is 3.39. The Morgan fingerprint density at radius 1 is 0.958 bits per heavy atom. The van der Waals surface area contributed by atoms with E-state index < -0.39 is 0 Å². The van der Waals surface area contributed by atoms with Crippen molar-refractivity contribution >= 4 is 17.6 Å². The van der Waals surface area contributed by atoms with Crippen molar-refractivity contribution in [3.05, 3.63) is 30.6 Å². The minimum Gasteiger partial charge on any atom is -0.353 e. The van der Waals surface area contributed by atoms with Gasteiger partial charge in [-0.25, -0.2) is 4.98 Å². The van der Waals surface area contributed by atoms with E-state index in [1.807, 2.05) is 18.3 Å². The molecule has 7 nitrogen and oxygen atoms in total. The van der Waals surface area contributed by atoms with Crippen LogP contribution in [-0.2, 0) is 0 Å². The molecule has 0 spiro atoms. The third-order valence-electron chi connectivity index (χ3n) is 4.81. The Kier molecular flexibility index (Phi) is 4.40. The fraction of sp³-hybridized carbons (Fsp3) is 0.529. The first kappa shape index (κ1) is 15.1. The lowest BCUT2D eigenvalue weighted by atomic mass is 10.2. The molecule has 24 heavy (non-hydrogen) atoms. The molecule has 0 radical (unpaired) electrons. The molecule has 2 aliphatic rings. The summed E-state index contributed by atoms with van der Waals surface area (Å²) in [4.78, 5) is 13.7. The van der Waals surface area contributed by atoms with E-state index in [4.69, 9.17) is 0 Å². The van der Waals surface area contributed by atoms with Gasteiger partial charge in [0.1, 0.15) is 5.82 Å². The molecule has 2 aromatic rings. The first-order valence-corrected chi connectivity index (χ1v) is 8.76. The summed E-state index contributed by atoms with van der Waals surface area (Å²) in [5.74, 6) is 2.61. The summed E-state index contributed by atoms with van der Waals surface area (Å²) in [5.41, 5.74) is 0. The van der Waals surface area contributed by atoms with Crippen LogP contribution in [0.1, 0.15) is 25.7 Å². The van der Waals surface area contributed by atoms with Gasteiger partial charge in [-0.15, -0.1) is 5.10 Å². The van der Waals surface area contributed by atoms with Crippen molar-refractivity contribution in [3.8, 4) is 0 Å². The molecule has 0 atom stereocenters. The minimum atomic E-state index is 0.503. The second-order valence-electron chi connectivity index (χ2n) is 6.43. The van der Waals surface area contributed by atoms with Gasteiger partial charge in [0, 0.05) is 38.4 Å². The standard InChI is InChI=1S/C17H23N7/c1-2-6-14(5-1)20-17-21-16(13-19-22-17)24-11-9-23(10-12-24)15-7-3-4-8-18-15/h3-4,7-8,13-14H,1-2,5-6,9-12H2,(H,20,21,22). The molecule has 2 aromatic heterocycles. The Balaban J connectivity index is 1.38. The Labute approximate surface area is 142 Å². The van der Waals surface area contributed by atoms with Crippen molar-refractivity contribution in [1.29, 1.82) is 0 Å².